The van der Waals surface area contributed by atoms with Crippen molar-refractivity contribution in [1.29, 1.82) is 0 Å². The van der Waals surface area contributed by atoms with E-state index in [2.05, 4.69) is 5.10 Å². The number of benzene rings is 1. The van der Waals surface area contributed by atoms with Crippen LogP contribution in [0.5, 0.6) is 5.75 Å². The van der Waals surface area contributed by atoms with E-state index >= 15 is 0 Å². The van der Waals surface area contributed by atoms with Crippen molar-refractivity contribution in [3.05, 3.63) is 29.8 Å². The second kappa shape index (κ2) is 7.16. The van der Waals surface area contributed by atoms with E-state index in [-0.39, 0.29) is 5.01 Å². The Balaban J connectivity index is 2.08. The van der Waals surface area contributed by atoms with Gasteiger partial charge in [0.25, 0.3) is 18.8 Å². The number of halogens is 4. The molecule has 0 bridgehead atoms. The molecule has 0 saturated heterocycles. The average molecular weight is 348 g/mol. The Labute approximate surface area is 135 Å². The molecule has 1 heterocycles. The number of hydrogen-bond donors (Lipinski definition) is 1. The van der Waals surface area contributed by atoms with Gasteiger partial charge >= 0.3 is 0 Å². The Hall–Kier alpha value is -2.16. The van der Waals surface area contributed by atoms with Crippen LogP contribution in [0.25, 0.3) is 0 Å². The fourth-order valence-corrected chi connectivity index (χ4v) is 2.18. The number of aliphatic hydroxyl groups is 1. The van der Waals surface area contributed by atoms with Gasteiger partial charge in [0, 0.05) is 6.42 Å². The molecule has 0 saturated carbocycles. The van der Waals surface area contributed by atoms with Gasteiger partial charge in [-0.25, -0.2) is 17.6 Å². The van der Waals surface area contributed by atoms with Gasteiger partial charge in [0.1, 0.15) is 11.5 Å². The van der Waals surface area contributed by atoms with E-state index in [1.54, 1.807) is 24.3 Å². The SMILES string of the molecule is CCc1ccc(OCC(=O)N2N=C(C(F)F)C[C@@]2(O)C(F)F)cc1. The van der Waals surface area contributed by atoms with Crippen LogP contribution in [-0.4, -0.2) is 46.9 Å². The number of nitrogens with zero attached hydrogens (tertiary/aromatic N) is 2. The molecule has 0 spiro atoms. The third kappa shape index (κ3) is 3.66. The molecule has 0 unspecified atom stereocenters. The minimum absolute atomic E-state index is 0.0143. The second-order valence-electron chi connectivity index (χ2n) is 5.24. The number of alkyl halides is 4. The molecule has 1 aromatic carbocycles. The van der Waals surface area contributed by atoms with Crippen LogP contribution in [0.2, 0.25) is 0 Å². The molecule has 5 nitrogen and oxygen atoms in total. The number of amides is 1. The Morgan fingerprint density at radius 2 is 1.96 bits per heavy atom. The van der Waals surface area contributed by atoms with Gasteiger partial charge in [-0.15, -0.1) is 0 Å². The summed E-state index contributed by atoms with van der Waals surface area (Å²) in [6.45, 7) is 1.23. The van der Waals surface area contributed by atoms with Crippen molar-refractivity contribution >= 4 is 11.6 Å². The fourth-order valence-electron chi connectivity index (χ4n) is 2.18. The van der Waals surface area contributed by atoms with Crippen molar-refractivity contribution in [3.8, 4) is 5.75 Å². The van der Waals surface area contributed by atoms with Crippen LogP contribution in [0, 0.1) is 0 Å². The van der Waals surface area contributed by atoms with E-state index in [9.17, 15) is 27.5 Å². The van der Waals surface area contributed by atoms with E-state index in [0.29, 0.717) is 5.75 Å². The highest BCUT2D eigenvalue weighted by Crippen LogP contribution is 2.33. The maximum atomic E-state index is 13.0. The lowest BCUT2D eigenvalue weighted by Gasteiger charge is -2.29. The molecule has 132 valence electrons. The Bertz CT molecular complexity index is 622. The molecule has 24 heavy (non-hydrogen) atoms. The van der Waals surface area contributed by atoms with Crippen LogP contribution >= 0.6 is 0 Å². The predicted molar refractivity (Wildman–Crippen MR) is 77.2 cm³/mol. The maximum Gasteiger partial charge on any atom is 0.287 e. The van der Waals surface area contributed by atoms with Gasteiger partial charge in [-0.3, -0.25) is 4.79 Å². The number of carbonyl (C=O) groups excluding carboxylic acids is 1. The summed E-state index contributed by atoms with van der Waals surface area (Å²) < 4.78 is 56.5. The number of aryl methyl sites for hydroxylation is 1. The molecule has 0 aromatic heterocycles. The summed E-state index contributed by atoms with van der Waals surface area (Å²) >= 11 is 0. The monoisotopic (exact) mass is 348 g/mol. The van der Waals surface area contributed by atoms with Crippen molar-refractivity contribution in [2.75, 3.05) is 6.61 Å². The van der Waals surface area contributed by atoms with Crippen LogP contribution < -0.4 is 4.74 Å². The van der Waals surface area contributed by atoms with Crippen molar-refractivity contribution in [3.63, 3.8) is 0 Å². The van der Waals surface area contributed by atoms with Crippen molar-refractivity contribution < 1.29 is 32.2 Å². The van der Waals surface area contributed by atoms with Gasteiger partial charge in [0.05, 0.1) is 0 Å². The van der Waals surface area contributed by atoms with E-state index in [1.165, 1.54) is 0 Å². The average Bonchev–Trinajstić information content (AvgIpc) is 2.93. The summed E-state index contributed by atoms with van der Waals surface area (Å²) in [6.07, 6.45) is -6.90. The van der Waals surface area contributed by atoms with E-state index in [0.717, 1.165) is 12.0 Å². The molecule has 1 aliphatic heterocycles. The first-order valence-electron chi connectivity index (χ1n) is 7.18. The highest BCUT2D eigenvalue weighted by atomic mass is 19.3. The number of hydrogen-bond acceptors (Lipinski definition) is 4. The lowest BCUT2D eigenvalue weighted by atomic mass is 10.1. The number of carbonyl (C=O) groups is 1. The summed E-state index contributed by atoms with van der Waals surface area (Å²) in [5.41, 5.74) is -3.02. The molecular formula is C15H16F4N2O3. The number of ether oxygens (including phenoxy) is 1. The number of rotatable bonds is 6. The van der Waals surface area contributed by atoms with E-state index in [4.69, 9.17) is 4.74 Å². The molecule has 1 aromatic rings. The van der Waals surface area contributed by atoms with Crippen LogP contribution in [0.1, 0.15) is 18.9 Å². The minimum atomic E-state index is -3.45. The van der Waals surface area contributed by atoms with Crippen LogP contribution in [0.3, 0.4) is 0 Å². The Kier molecular flexibility index (Phi) is 5.43. The first kappa shape index (κ1) is 18.2. The van der Waals surface area contributed by atoms with E-state index < -0.39 is 43.2 Å². The predicted octanol–water partition coefficient (Wildman–Crippen LogP) is 2.43. The zero-order valence-electron chi connectivity index (χ0n) is 12.8. The van der Waals surface area contributed by atoms with Gasteiger partial charge < -0.3 is 9.84 Å². The largest absolute Gasteiger partial charge is 0.484 e. The number of hydrazone groups is 1. The summed E-state index contributed by atoms with van der Waals surface area (Å²) in [6, 6.07) is 6.70. The van der Waals surface area contributed by atoms with Crippen LogP contribution in [0.15, 0.2) is 29.4 Å². The van der Waals surface area contributed by atoms with Gasteiger partial charge in [-0.2, -0.15) is 10.1 Å². The lowest BCUT2D eigenvalue weighted by molar-refractivity contribution is -0.193. The molecule has 1 amide bonds. The molecule has 0 aliphatic carbocycles. The molecular weight excluding hydrogens is 332 g/mol. The minimum Gasteiger partial charge on any atom is -0.484 e. The van der Waals surface area contributed by atoms with Gasteiger partial charge in [0.15, 0.2) is 6.61 Å². The summed E-state index contributed by atoms with van der Waals surface area (Å²) in [5, 5.41) is 13.0. The topological polar surface area (TPSA) is 62.1 Å². The smallest absolute Gasteiger partial charge is 0.287 e. The van der Waals surface area contributed by atoms with Crippen molar-refractivity contribution in [2.45, 2.75) is 38.3 Å². The summed E-state index contributed by atoms with van der Waals surface area (Å²) in [5.74, 6) is -0.841. The molecule has 1 N–H and O–H groups in total. The van der Waals surface area contributed by atoms with Crippen molar-refractivity contribution in [1.82, 2.24) is 5.01 Å². The second-order valence-corrected chi connectivity index (χ2v) is 5.24. The first-order valence-corrected chi connectivity index (χ1v) is 7.18. The highest BCUT2D eigenvalue weighted by Gasteiger charge is 2.53. The van der Waals surface area contributed by atoms with Crippen LogP contribution in [-0.2, 0) is 11.2 Å². The Morgan fingerprint density at radius 1 is 1.33 bits per heavy atom. The zero-order chi connectivity index (χ0) is 17.9. The standard InChI is InChI=1S/C15H16F4N2O3/c1-2-9-3-5-10(6-4-9)24-8-12(22)21-15(23,14(18)19)7-11(20-21)13(16)17/h3-6,13-14,23H,2,7-8H2,1H3/t15-/m1/s1. The summed E-state index contributed by atoms with van der Waals surface area (Å²) in [7, 11) is 0. The van der Waals surface area contributed by atoms with Crippen molar-refractivity contribution in [2.24, 2.45) is 5.10 Å². The van der Waals surface area contributed by atoms with Gasteiger partial charge in [-0.05, 0) is 24.1 Å². The molecule has 1 atom stereocenters. The quantitative estimate of drug-likeness (QED) is 0.803. The first-order chi connectivity index (χ1) is 11.3. The van der Waals surface area contributed by atoms with Gasteiger partial charge in [0.2, 0.25) is 5.72 Å². The molecule has 0 radical (unpaired) electrons. The van der Waals surface area contributed by atoms with Crippen LogP contribution in [0.4, 0.5) is 17.6 Å². The zero-order valence-corrected chi connectivity index (χ0v) is 12.8. The third-order valence-electron chi connectivity index (χ3n) is 3.57. The maximum absolute atomic E-state index is 13.0. The molecule has 1 aliphatic rings. The molecule has 9 heteroatoms. The third-order valence-corrected chi connectivity index (χ3v) is 3.57. The molecule has 2 rings (SSSR count). The fraction of sp³-hybridized carbons (Fsp3) is 0.467. The lowest BCUT2D eigenvalue weighted by Crippen LogP contribution is -2.52. The summed E-state index contributed by atoms with van der Waals surface area (Å²) in [4.78, 5) is 12.0. The Morgan fingerprint density at radius 3 is 2.46 bits per heavy atom. The highest BCUT2D eigenvalue weighted by molar-refractivity contribution is 5.93. The van der Waals surface area contributed by atoms with Gasteiger partial charge in [-0.1, -0.05) is 19.1 Å². The molecule has 0 fully saturated rings. The van der Waals surface area contributed by atoms with E-state index in [1.807, 2.05) is 6.92 Å². The normalized spacial score (nSPS) is 20.7.